The number of ether oxygens (including phenoxy) is 1. The van der Waals surface area contributed by atoms with Crippen LogP contribution in [0, 0.1) is 0 Å². The van der Waals surface area contributed by atoms with Gasteiger partial charge < -0.3 is 19.6 Å². The molecule has 1 aromatic rings. The van der Waals surface area contributed by atoms with Crippen LogP contribution in [0.15, 0.2) is 30.3 Å². The predicted molar refractivity (Wildman–Crippen MR) is 88.4 cm³/mol. The molecule has 1 atom stereocenters. The van der Waals surface area contributed by atoms with Gasteiger partial charge in [-0.15, -0.1) is 0 Å². The monoisotopic (exact) mass is 318 g/mol. The first-order valence-corrected chi connectivity index (χ1v) is 7.59. The number of amides is 1. The summed E-state index contributed by atoms with van der Waals surface area (Å²) in [5.41, 5.74) is 2.03. The Balaban J connectivity index is 1.97. The molecule has 1 saturated heterocycles. The Bertz CT molecular complexity index is 577. The van der Waals surface area contributed by atoms with E-state index in [1.165, 1.54) is 24.9 Å². The van der Waals surface area contributed by atoms with E-state index in [1.807, 2.05) is 24.3 Å². The lowest BCUT2D eigenvalue weighted by molar-refractivity contribution is -0.146. The summed E-state index contributed by atoms with van der Waals surface area (Å²) in [7, 11) is 1.48. The zero-order chi connectivity index (χ0) is 16.8. The first-order chi connectivity index (χ1) is 11.0. The summed E-state index contributed by atoms with van der Waals surface area (Å²) >= 11 is 0. The number of carbonyl (C=O) groups is 2. The van der Waals surface area contributed by atoms with Crippen molar-refractivity contribution in [2.24, 2.45) is 0 Å². The van der Waals surface area contributed by atoms with Crippen molar-refractivity contribution in [2.45, 2.75) is 13.0 Å². The van der Waals surface area contributed by atoms with E-state index in [1.54, 1.807) is 6.08 Å². The molecular weight excluding hydrogens is 296 g/mol. The summed E-state index contributed by atoms with van der Waals surface area (Å²) in [5.74, 6) is -1.36. The van der Waals surface area contributed by atoms with Crippen LogP contribution in [0.3, 0.4) is 0 Å². The SMILES string of the molecule is CC(C(=O)O)N(C)C(=O)/C=C/c1ccc(N2CCOCC2)cc1. The van der Waals surface area contributed by atoms with E-state index >= 15 is 0 Å². The Labute approximate surface area is 136 Å². The Kier molecular flexibility index (Phi) is 5.76. The lowest BCUT2D eigenvalue weighted by Gasteiger charge is -2.28. The molecule has 2 rings (SSSR count). The summed E-state index contributed by atoms with van der Waals surface area (Å²) in [6.07, 6.45) is 3.08. The van der Waals surface area contributed by atoms with Gasteiger partial charge in [-0.1, -0.05) is 12.1 Å². The van der Waals surface area contributed by atoms with Crippen molar-refractivity contribution >= 4 is 23.6 Å². The number of aliphatic carboxylic acids is 1. The molecule has 1 aliphatic rings. The number of carbonyl (C=O) groups excluding carboxylic acids is 1. The van der Waals surface area contributed by atoms with Crippen molar-refractivity contribution in [1.82, 2.24) is 4.90 Å². The molecule has 124 valence electrons. The van der Waals surface area contributed by atoms with E-state index in [0.717, 1.165) is 37.6 Å². The zero-order valence-corrected chi connectivity index (χ0v) is 13.4. The molecule has 6 heteroatoms. The second kappa shape index (κ2) is 7.78. The van der Waals surface area contributed by atoms with Gasteiger partial charge in [-0.3, -0.25) is 4.79 Å². The number of rotatable bonds is 5. The van der Waals surface area contributed by atoms with E-state index in [-0.39, 0.29) is 5.91 Å². The highest BCUT2D eigenvalue weighted by Crippen LogP contribution is 2.17. The van der Waals surface area contributed by atoms with E-state index in [9.17, 15) is 9.59 Å². The van der Waals surface area contributed by atoms with Crippen LogP contribution in [0.25, 0.3) is 6.08 Å². The van der Waals surface area contributed by atoms with E-state index in [4.69, 9.17) is 9.84 Å². The molecule has 1 amide bonds. The van der Waals surface area contributed by atoms with Gasteiger partial charge in [0, 0.05) is 31.9 Å². The van der Waals surface area contributed by atoms with E-state index < -0.39 is 12.0 Å². The zero-order valence-electron chi connectivity index (χ0n) is 13.4. The molecule has 1 unspecified atom stereocenters. The third-order valence-electron chi connectivity index (χ3n) is 3.97. The summed E-state index contributed by atoms with van der Waals surface area (Å²) < 4.78 is 5.33. The van der Waals surface area contributed by atoms with Crippen LogP contribution < -0.4 is 4.90 Å². The minimum atomic E-state index is -1.02. The van der Waals surface area contributed by atoms with Gasteiger partial charge >= 0.3 is 5.97 Å². The van der Waals surface area contributed by atoms with Crippen LogP contribution in [0.5, 0.6) is 0 Å². The minimum absolute atomic E-state index is 0.336. The number of morpholine rings is 1. The van der Waals surface area contributed by atoms with Crippen molar-refractivity contribution < 1.29 is 19.4 Å². The molecular formula is C17H22N2O4. The molecule has 0 aliphatic carbocycles. The van der Waals surface area contributed by atoms with E-state index in [2.05, 4.69) is 4.90 Å². The summed E-state index contributed by atoms with van der Waals surface area (Å²) in [6.45, 7) is 4.72. The van der Waals surface area contributed by atoms with Gasteiger partial charge in [0.2, 0.25) is 5.91 Å². The van der Waals surface area contributed by atoms with Gasteiger partial charge in [0.25, 0.3) is 0 Å². The molecule has 0 radical (unpaired) electrons. The third kappa shape index (κ3) is 4.56. The number of hydrogen-bond acceptors (Lipinski definition) is 4. The first-order valence-electron chi connectivity index (χ1n) is 7.59. The fourth-order valence-corrected chi connectivity index (χ4v) is 2.26. The van der Waals surface area contributed by atoms with Gasteiger partial charge in [0.1, 0.15) is 6.04 Å². The fraction of sp³-hybridized carbons (Fsp3) is 0.412. The third-order valence-corrected chi connectivity index (χ3v) is 3.97. The largest absolute Gasteiger partial charge is 0.480 e. The molecule has 1 heterocycles. The minimum Gasteiger partial charge on any atom is -0.480 e. The standard InChI is InChI=1S/C17H22N2O4/c1-13(17(21)22)18(2)16(20)8-5-14-3-6-15(7-4-14)19-9-11-23-12-10-19/h3-8,13H,9-12H2,1-2H3,(H,21,22)/b8-5+. The van der Waals surface area contributed by atoms with Gasteiger partial charge in [0.15, 0.2) is 0 Å². The van der Waals surface area contributed by atoms with Gasteiger partial charge in [-0.2, -0.15) is 0 Å². The van der Waals surface area contributed by atoms with Crippen LogP contribution in [0.1, 0.15) is 12.5 Å². The number of carboxylic acids is 1. The lowest BCUT2D eigenvalue weighted by atomic mass is 10.1. The van der Waals surface area contributed by atoms with Crippen LogP contribution in [-0.4, -0.2) is 61.3 Å². The molecule has 0 aromatic heterocycles. The van der Waals surface area contributed by atoms with Crippen LogP contribution >= 0.6 is 0 Å². The molecule has 1 aromatic carbocycles. The second-order valence-corrected chi connectivity index (χ2v) is 5.49. The maximum atomic E-state index is 11.9. The maximum Gasteiger partial charge on any atom is 0.326 e. The number of benzene rings is 1. The fourth-order valence-electron chi connectivity index (χ4n) is 2.26. The Morgan fingerprint density at radius 2 is 1.87 bits per heavy atom. The van der Waals surface area contributed by atoms with Crippen molar-refractivity contribution in [2.75, 3.05) is 38.3 Å². The molecule has 0 bridgehead atoms. The summed E-state index contributed by atoms with van der Waals surface area (Å²) in [4.78, 5) is 26.3. The highest BCUT2D eigenvalue weighted by atomic mass is 16.5. The van der Waals surface area contributed by atoms with Crippen LogP contribution in [-0.2, 0) is 14.3 Å². The quantitative estimate of drug-likeness (QED) is 0.833. The average Bonchev–Trinajstić information content (AvgIpc) is 2.59. The number of likely N-dealkylation sites (N-methyl/N-ethyl adjacent to an activating group) is 1. The van der Waals surface area contributed by atoms with Crippen molar-refractivity contribution in [3.05, 3.63) is 35.9 Å². The van der Waals surface area contributed by atoms with Gasteiger partial charge in [-0.05, 0) is 30.7 Å². The summed E-state index contributed by atoms with van der Waals surface area (Å²) in [6, 6.07) is 7.05. The predicted octanol–water partition coefficient (Wildman–Crippen LogP) is 1.47. The molecule has 1 fully saturated rings. The van der Waals surface area contributed by atoms with Gasteiger partial charge in [0.05, 0.1) is 13.2 Å². The molecule has 1 N–H and O–H groups in total. The van der Waals surface area contributed by atoms with Crippen LogP contribution in [0.2, 0.25) is 0 Å². The van der Waals surface area contributed by atoms with Crippen LogP contribution in [0.4, 0.5) is 5.69 Å². The normalized spacial score (nSPS) is 16.3. The highest BCUT2D eigenvalue weighted by Gasteiger charge is 2.19. The topological polar surface area (TPSA) is 70.1 Å². The second-order valence-electron chi connectivity index (χ2n) is 5.49. The van der Waals surface area contributed by atoms with E-state index in [0.29, 0.717) is 0 Å². The maximum absolute atomic E-state index is 11.9. The number of carboxylic acid groups (broad SMARTS) is 1. The molecule has 23 heavy (non-hydrogen) atoms. The van der Waals surface area contributed by atoms with Crippen molar-refractivity contribution in [3.63, 3.8) is 0 Å². The first kappa shape index (κ1) is 17.0. The van der Waals surface area contributed by atoms with Crippen molar-refractivity contribution in [1.29, 1.82) is 0 Å². The smallest absolute Gasteiger partial charge is 0.326 e. The number of anilines is 1. The Morgan fingerprint density at radius 3 is 2.43 bits per heavy atom. The Morgan fingerprint density at radius 1 is 1.26 bits per heavy atom. The molecule has 6 nitrogen and oxygen atoms in total. The lowest BCUT2D eigenvalue weighted by Crippen LogP contribution is -2.39. The number of nitrogens with zero attached hydrogens (tertiary/aromatic N) is 2. The van der Waals surface area contributed by atoms with Crippen molar-refractivity contribution in [3.8, 4) is 0 Å². The summed E-state index contributed by atoms with van der Waals surface area (Å²) in [5, 5.41) is 8.91. The average molecular weight is 318 g/mol. The Hall–Kier alpha value is -2.34. The number of hydrogen-bond donors (Lipinski definition) is 1. The molecule has 0 spiro atoms. The molecule has 0 saturated carbocycles. The van der Waals surface area contributed by atoms with Gasteiger partial charge in [-0.25, -0.2) is 4.79 Å². The highest BCUT2D eigenvalue weighted by molar-refractivity contribution is 5.94. The molecule has 1 aliphatic heterocycles.